The molecule has 1 atom stereocenters. The summed E-state index contributed by atoms with van der Waals surface area (Å²) in [7, 11) is 5.42. The molecule has 0 spiro atoms. The van der Waals surface area contributed by atoms with Crippen LogP contribution in [0.25, 0.3) is 0 Å². The normalized spacial score (nSPS) is 18.0. The van der Waals surface area contributed by atoms with Crippen molar-refractivity contribution in [2.24, 2.45) is 5.92 Å². The van der Waals surface area contributed by atoms with Crippen LogP contribution in [-0.4, -0.2) is 50.2 Å². The Labute approximate surface area is 132 Å². The van der Waals surface area contributed by atoms with Crippen LogP contribution >= 0.6 is 0 Å². The maximum absolute atomic E-state index is 12.6. The number of ether oxygens (including phenoxy) is 1. The predicted octanol–water partition coefficient (Wildman–Crippen LogP) is 2.81. The highest BCUT2D eigenvalue weighted by molar-refractivity contribution is 5.95. The summed E-state index contributed by atoms with van der Waals surface area (Å²) in [5.74, 6) is 1.03. The molecule has 6 nitrogen and oxygen atoms in total. The number of anilines is 2. The summed E-state index contributed by atoms with van der Waals surface area (Å²) in [6.07, 6.45) is 5.07. The largest absolute Gasteiger partial charge is 0.479 e. The molecule has 0 radical (unpaired) electrons. The number of carbonyl (C=O) groups excluding carboxylic acids is 1. The van der Waals surface area contributed by atoms with Crippen LogP contribution in [0.5, 0.6) is 5.88 Å². The van der Waals surface area contributed by atoms with Gasteiger partial charge in [0.15, 0.2) is 0 Å². The number of methoxy groups -OCH3 is 1. The van der Waals surface area contributed by atoms with E-state index in [4.69, 9.17) is 4.74 Å². The molecule has 0 saturated carbocycles. The van der Waals surface area contributed by atoms with Crippen LogP contribution in [0.15, 0.2) is 12.3 Å². The van der Waals surface area contributed by atoms with Gasteiger partial charge >= 0.3 is 6.03 Å². The fourth-order valence-electron chi connectivity index (χ4n) is 2.85. The summed E-state index contributed by atoms with van der Waals surface area (Å²) < 4.78 is 5.30. The average molecular weight is 306 g/mol. The van der Waals surface area contributed by atoms with Gasteiger partial charge in [0.1, 0.15) is 5.69 Å². The van der Waals surface area contributed by atoms with Gasteiger partial charge in [-0.2, -0.15) is 0 Å². The Morgan fingerprint density at radius 3 is 2.95 bits per heavy atom. The number of carbonyl (C=O) groups is 1. The van der Waals surface area contributed by atoms with Crippen LogP contribution in [0.2, 0.25) is 0 Å². The predicted molar refractivity (Wildman–Crippen MR) is 88.7 cm³/mol. The molecule has 1 aromatic heterocycles. The van der Waals surface area contributed by atoms with Crippen molar-refractivity contribution < 1.29 is 9.53 Å². The lowest BCUT2D eigenvalue weighted by Gasteiger charge is -2.32. The van der Waals surface area contributed by atoms with Gasteiger partial charge in [-0.15, -0.1) is 0 Å². The lowest BCUT2D eigenvalue weighted by molar-refractivity contribution is 0.176. The zero-order valence-electron chi connectivity index (χ0n) is 13.9. The number of hydrogen-bond donors (Lipinski definition) is 1. The van der Waals surface area contributed by atoms with Gasteiger partial charge < -0.3 is 19.9 Å². The number of nitrogens with one attached hydrogen (secondary N) is 1. The van der Waals surface area contributed by atoms with E-state index in [9.17, 15) is 4.79 Å². The zero-order chi connectivity index (χ0) is 16.1. The van der Waals surface area contributed by atoms with Gasteiger partial charge in [-0.25, -0.2) is 9.78 Å². The Hall–Kier alpha value is -1.98. The number of amides is 2. The smallest absolute Gasteiger partial charge is 0.322 e. The van der Waals surface area contributed by atoms with Crippen LogP contribution in [0.1, 0.15) is 26.2 Å². The highest BCUT2D eigenvalue weighted by atomic mass is 16.5. The van der Waals surface area contributed by atoms with Crippen molar-refractivity contribution in [3.63, 3.8) is 0 Å². The van der Waals surface area contributed by atoms with Crippen LogP contribution < -0.4 is 15.0 Å². The molecule has 1 saturated heterocycles. The van der Waals surface area contributed by atoms with Crippen LogP contribution in [0.4, 0.5) is 16.2 Å². The summed E-state index contributed by atoms with van der Waals surface area (Å²) >= 11 is 0. The number of pyridine rings is 1. The third-order valence-corrected chi connectivity index (χ3v) is 4.18. The van der Waals surface area contributed by atoms with Gasteiger partial charge in [0.25, 0.3) is 0 Å². The molecule has 1 unspecified atom stereocenters. The van der Waals surface area contributed by atoms with Gasteiger partial charge in [-0.1, -0.05) is 13.3 Å². The van der Waals surface area contributed by atoms with E-state index in [0.717, 1.165) is 31.6 Å². The average Bonchev–Trinajstić information content (AvgIpc) is 2.54. The number of likely N-dealkylation sites (tertiary alicyclic amines) is 1. The molecule has 0 bridgehead atoms. The van der Waals surface area contributed by atoms with Crippen molar-refractivity contribution in [1.82, 2.24) is 9.88 Å². The van der Waals surface area contributed by atoms with Gasteiger partial charge in [0.05, 0.1) is 12.8 Å². The summed E-state index contributed by atoms with van der Waals surface area (Å²) in [6.45, 7) is 3.81. The monoisotopic (exact) mass is 306 g/mol. The molecular formula is C16H26N4O2. The minimum Gasteiger partial charge on any atom is -0.479 e. The second-order valence-electron chi connectivity index (χ2n) is 5.90. The maximum atomic E-state index is 12.6. The number of piperidine rings is 1. The molecule has 1 aliphatic heterocycles. The zero-order valence-corrected chi connectivity index (χ0v) is 13.9. The molecule has 2 heterocycles. The van der Waals surface area contributed by atoms with Crippen molar-refractivity contribution in [3.05, 3.63) is 12.3 Å². The Morgan fingerprint density at radius 1 is 1.55 bits per heavy atom. The van der Waals surface area contributed by atoms with E-state index in [-0.39, 0.29) is 6.03 Å². The third kappa shape index (κ3) is 3.61. The van der Waals surface area contributed by atoms with Gasteiger partial charge in [0, 0.05) is 33.4 Å². The number of rotatable bonds is 4. The summed E-state index contributed by atoms with van der Waals surface area (Å²) in [4.78, 5) is 20.6. The Morgan fingerprint density at radius 2 is 2.32 bits per heavy atom. The Kier molecular flexibility index (Phi) is 5.46. The number of hydrogen-bond acceptors (Lipinski definition) is 4. The van der Waals surface area contributed by atoms with E-state index >= 15 is 0 Å². The van der Waals surface area contributed by atoms with Crippen molar-refractivity contribution in [3.8, 4) is 5.88 Å². The molecule has 2 rings (SSSR count). The van der Waals surface area contributed by atoms with E-state index in [0.29, 0.717) is 17.5 Å². The Balaban J connectivity index is 2.17. The first-order chi connectivity index (χ1) is 10.6. The first kappa shape index (κ1) is 16.4. The summed E-state index contributed by atoms with van der Waals surface area (Å²) in [6, 6.07) is 1.79. The molecule has 2 amide bonds. The fraction of sp³-hybridized carbons (Fsp3) is 0.625. The SMILES string of the molecule is CCC1CCCN(C(=O)Nc2c(N(C)C)ccnc2OC)C1. The van der Waals surface area contributed by atoms with E-state index in [1.807, 2.05) is 30.0 Å². The molecule has 122 valence electrons. The fourth-order valence-corrected chi connectivity index (χ4v) is 2.85. The second-order valence-corrected chi connectivity index (χ2v) is 5.90. The minimum absolute atomic E-state index is 0.0763. The van der Waals surface area contributed by atoms with Gasteiger partial charge in [-0.3, -0.25) is 0 Å². The van der Waals surface area contributed by atoms with Crippen molar-refractivity contribution in [1.29, 1.82) is 0 Å². The molecule has 1 aliphatic rings. The van der Waals surface area contributed by atoms with E-state index in [1.54, 1.807) is 13.3 Å². The molecule has 22 heavy (non-hydrogen) atoms. The summed E-state index contributed by atoms with van der Waals surface area (Å²) in [5, 5.41) is 2.98. The standard InChI is InChI=1S/C16H26N4O2/c1-5-12-7-6-10-20(11-12)16(21)18-14-13(19(2)3)8-9-17-15(14)22-4/h8-9,12H,5-7,10-11H2,1-4H3,(H,18,21). The van der Waals surface area contributed by atoms with E-state index < -0.39 is 0 Å². The molecule has 0 aromatic carbocycles. The first-order valence-corrected chi connectivity index (χ1v) is 7.83. The van der Waals surface area contributed by atoms with Crippen LogP contribution in [0, 0.1) is 5.92 Å². The van der Waals surface area contributed by atoms with Crippen molar-refractivity contribution in [2.75, 3.05) is 44.5 Å². The highest BCUT2D eigenvalue weighted by Crippen LogP contribution is 2.32. The quantitative estimate of drug-likeness (QED) is 0.929. The number of nitrogens with zero attached hydrogens (tertiary/aromatic N) is 3. The topological polar surface area (TPSA) is 57.7 Å². The van der Waals surface area contributed by atoms with Gasteiger partial charge in [-0.05, 0) is 24.8 Å². The van der Waals surface area contributed by atoms with Crippen LogP contribution in [-0.2, 0) is 0 Å². The molecule has 1 fully saturated rings. The third-order valence-electron chi connectivity index (χ3n) is 4.18. The van der Waals surface area contributed by atoms with E-state index in [2.05, 4.69) is 17.2 Å². The van der Waals surface area contributed by atoms with Gasteiger partial charge in [0.2, 0.25) is 5.88 Å². The van der Waals surface area contributed by atoms with Crippen LogP contribution in [0.3, 0.4) is 0 Å². The molecular weight excluding hydrogens is 280 g/mol. The molecule has 6 heteroatoms. The molecule has 0 aliphatic carbocycles. The minimum atomic E-state index is -0.0763. The van der Waals surface area contributed by atoms with Crippen molar-refractivity contribution in [2.45, 2.75) is 26.2 Å². The summed E-state index contributed by atoms with van der Waals surface area (Å²) in [5.41, 5.74) is 1.50. The lowest BCUT2D eigenvalue weighted by atomic mass is 9.96. The molecule has 1 aromatic rings. The lowest BCUT2D eigenvalue weighted by Crippen LogP contribution is -2.42. The van der Waals surface area contributed by atoms with E-state index in [1.165, 1.54) is 6.42 Å². The number of aromatic nitrogens is 1. The van der Waals surface area contributed by atoms with Crippen molar-refractivity contribution >= 4 is 17.4 Å². The number of urea groups is 1. The Bertz CT molecular complexity index is 519. The first-order valence-electron chi connectivity index (χ1n) is 7.83. The maximum Gasteiger partial charge on any atom is 0.322 e. The molecule has 1 N–H and O–H groups in total. The highest BCUT2D eigenvalue weighted by Gasteiger charge is 2.24. The second kappa shape index (κ2) is 7.33.